The van der Waals surface area contributed by atoms with Gasteiger partial charge in [-0.05, 0) is 22.0 Å². The summed E-state index contributed by atoms with van der Waals surface area (Å²) in [6.07, 6.45) is -0.644. The SMILES string of the molecule is COC(OC)C(O)Cc1cc(Br)cs1. The van der Waals surface area contributed by atoms with Crippen molar-refractivity contribution in [2.75, 3.05) is 14.2 Å². The highest BCUT2D eigenvalue weighted by atomic mass is 79.9. The summed E-state index contributed by atoms with van der Waals surface area (Å²) in [5, 5.41) is 11.7. The topological polar surface area (TPSA) is 38.7 Å². The fourth-order valence-corrected chi connectivity index (χ4v) is 2.68. The van der Waals surface area contributed by atoms with Crippen LogP contribution in [0.5, 0.6) is 0 Å². The van der Waals surface area contributed by atoms with Crippen molar-refractivity contribution in [1.29, 1.82) is 0 Å². The number of halogens is 1. The summed E-state index contributed by atoms with van der Waals surface area (Å²) in [6.45, 7) is 0. The Morgan fingerprint density at radius 3 is 2.57 bits per heavy atom. The molecule has 0 saturated heterocycles. The van der Waals surface area contributed by atoms with Crippen LogP contribution in [0.15, 0.2) is 15.9 Å². The van der Waals surface area contributed by atoms with Gasteiger partial charge in [0.25, 0.3) is 0 Å². The normalized spacial score (nSPS) is 13.5. The Labute approximate surface area is 95.8 Å². The van der Waals surface area contributed by atoms with Crippen LogP contribution >= 0.6 is 27.3 Å². The predicted molar refractivity (Wildman–Crippen MR) is 59.5 cm³/mol. The van der Waals surface area contributed by atoms with Crippen molar-refractivity contribution in [2.24, 2.45) is 0 Å². The van der Waals surface area contributed by atoms with Crippen LogP contribution in [0.1, 0.15) is 4.88 Å². The van der Waals surface area contributed by atoms with Gasteiger partial charge in [-0.3, -0.25) is 0 Å². The number of aliphatic hydroxyl groups excluding tert-OH is 1. The lowest BCUT2D eigenvalue weighted by Crippen LogP contribution is -2.31. The van der Waals surface area contributed by atoms with Gasteiger partial charge in [-0.2, -0.15) is 0 Å². The van der Waals surface area contributed by atoms with E-state index in [0.29, 0.717) is 6.42 Å². The van der Waals surface area contributed by atoms with Gasteiger partial charge in [0, 0.05) is 35.4 Å². The molecule has 0 amide bonds. The molecule has 1 aromatic heterocycles. The monoisotopic (exact) mass is 280 g/mol. The second-order valence-electron chi connectivity index (χ2n) is 2.84. The van der Waals surface area contributed by atoms with Crippen molar-refractivity contribution < 1.29 is 14.6 Å². The number of hydrogen-bond acceptors (Lipinski definition) is 4. The van der Waals surface area contributed by atoms with Crippen molar-refractivity contribution >= 4 is 27.3 Å². The molecule has 0 aliphatic rings. The number of ether oxygens (including phenoxy) is 2. The predicted octanol–water partition coefficient (Wildman–Crippen LogP) is 2.03. The van der Waals surface area contributed by atoms with Gasteiger partial charge in [-0.15, -0.1) is 11.3 Å². The summed E-state index contributed by atoms with van der Waals surface area (Å²) in [4.78, 5) is 1.10. The molecule has 1 unspecified atom stereocenters. The molecule has 1 atom stereocenters. The second kappa shape index (κ2) is 5.82. The van der Waals surface area contributed by atoms with E-state index in [1.54, 1.807) is 11.3 Å². The van der Waals surface area contributed by atoms with Crippen LogP contribution in [0.4, 0.5) is 0 Å². The van der Waals surface area contributed by atoms with Gasteiger partial charge in [0.1, 0.15) is 6.10 Å². The highest BCUT2D eigenvalue weighted by Crippen LogP contribution is 2.21. The first-order valence-electron chi connectivity index (χ1n) is 4.14. The first-order chi connectivity index (χ1) is 6.67. The quantitative estimate of drug-likeness (QED) is 0.839. The summed E-state index contributed by atoms with van der Waals surface area (Å²) in [7, 11) is 3.03. The molecule has 3 nitrogen and oxygen atoms in total. The first kappa shape index (κ1) is 12.1. The molecular weight excluding hydrogens is 268 g/mol. The number of rotatable bonds is 5. The Balaban J connectivity index is 2.51. The summed E-state index contributed by atoms with van der Waals surface area (Å²) < 4.78 is 11.0. The minimum Gasteiger partial charge on any atom is -0.387 e. The van der Waals surface area contributed by atoms with Crippen LogP contribution in [0.3, 0.4) is 0 Å². The zero-order valence-electron chi connectivity index (χ0n) is 8.07. The highest BCUT2D eigenvalue weighted by Gasteiger charge is 2.18. The Hall–Kier alpha value is 0.0600. The first-order valence-corrected chi connectivity index (χ1v) is 5.81. The molecule has 0 saturated carbocycles. The van der Waals surface area contributed by atoms with Crippen molar-refractivity contribution in [2.45, 2.75) is 18.8 Å². The van der Waals surface area contributed by atoms with Gasteiger partial charge < -0.3 is 14.6 Å². The maximum Gasteiger partial charge on any atom is 0.183 e. The van der Waals surface area contributed by atoms with E-state index in [-0.39, 0.29) is 0 Å². The molecular formula is C9H13BrO3S. The smallest absolute Gasteiger partial charge is 0.183 e. The van der Waals surface area contributed by atoms with Gasteiger partial charge in [0.15, 0.2) is 6.29 Å². The van der Waals surface area contributed by atoms with Crippen molar-refractivity contribution in [3.05, 3.63) is 20.8 Å². The zero-order valence-corrected chi connectivity index (χ0v) is 10.5. The lowest BCUT2D eigenvalue weighted by atomic mass is 10.2. The van der Waals surface area contributed by atoms with Crippen LogP contribution in [0.25, 0.3) is 0 Å². The third-order valence-electron chi connectivity index (χ3n) is 1.81. The Kier molecular flexibility index (Phi) is 5.05. The third kappa shape index (κ3) is 3.33. The van der Waals surface area contributed by atoms with E-state index in [4.69, 9.17) is 9.47 Å². The van der Waals surface area contributed by atoms with Gasteiger partial charge in [0.2, 0.25) is 0 Å². The van der Waals surface area contributed by atoms with Gasteiger partial charge in [-0.1, -0.05) is 0 Å². The molecule has 0 bridgehead atoms. The van der Waals surface area contributed by atoms with Crippen molar-refractivity contribution in [1.82, 2.24) is 0 Å². The molecule has 0 spiro atoms. The molecule has 14 heavy (non-hydrogen) atoms. The standard InChI is InChI=1S/C9H13BrO3S/c1-12-9(13-2)8(11)4-7-3-6(10)5-14-7/h3,5,8-9,11H,4H2,1-2H3. The van der Waals surface area contributed by atoms with E-state index in [1.165, 1.54) is 14.2 Å². The molecule has 0 aliphatic heterocycles. The molecule has 1 rings (SSSR count). The Bertz CT molecular complexity index is 273. The molecule has 80 valence electrons. The third-order valence-corrected chi connectivity index (χ3v) is 3.53. The highest BCUT2D eigenvalue weighted by molar-refractivity contribution is 9.10. The van der Waals surface area contributed by atoms with Crippen molar-refractivity contribution in [3.8, 4) is 0 Å². The average molecular weight is 281 g/mol. The van der Waals surface area contributed by atoms with Crippen LogP contribution in [0.2, 0.25) is 0 Å². The summed E-state index contributed by atoms with van der Waals surface area (Å²) >= 11 is 4.96. The maximum atomic E-state index is 9.71. The molecule has 0 aliphatic carbocycles. The number of aliphatic hydroxyl groups is 1. The van der Waals surface area contributed by atoms with Crippen LogP contribution in [-0.4, -0.2) is 31.7 Å². The van der Waals surface area contributed by atoms with E-state index in [0.717, 1.165) is 9.35 Å². The zero-order chi connectivity index (χ0) is 10.6. The fourth-order valence-electron chi connectivity index (χ4n) is 1.17. The molecule has 1 N–H and O–H groups in total. The molecule has 0 radical (unpaired) electrons. The summed E-state index contributed by atoms with van der Waals surface area (Å²) in [6, 6.07) is 1.98. The molecule has 0 fully saturated rings. The Morgan fingerprint density at radius 2 is 2.14 bits per heavy atom. The van der Waals surface area contributed by atoms with E-state index >= 15 is 0 Å². The largest absolute Gasteiger partial charge is 0.387 e. The van der Waals surface area contributed by atoms with Crippen LogP contribution in [0, 0.1) is 0 Å². The number of thiophene rings is 1. The number of methoxy groups -OCH3 is 2. The molecule has 1 aromatic rings. The average Bonchev–Trinajstić information content (AvgIpc) is 2.53. The van der Waals surface area contributed by atoms with E-state index in [9.17, 15) is 5.11 Å². The van der Waals surface area contributed by atoms with E-state index < -0.39 is 12.4 Å². The van der Waals surface area contributed by atoms with Crippen molar-refractivity contribution in [3.63, 3.8) is 0 Å². The van der Waals surface area contributed by atoms with Crippen LogP contribution < -0.4 is 0 Å². The maximum absolute atomic E-state index is 9.71. The minimum absolute atomic E-state index is 0.544. The lowest BCUT2D eigenvalue weighted by Gasteiger charge is -2.19. The van der Waals surface area contributed by atoms with E-state index in [2.05, 4.69) is 15.9 Å². The minimum atomic E-state index is -0.629. The second-order valence-corrected chi connectivity index (χ2v) is 4.75. The van der Waals surface area contributed by atoms with Gasteiger partial charge in [-0.25, -0.2) is 0 Å². The van der Waals surface area contributed by atoms with Gasteiger partial charge >= 0.3 is 0 Å². The Morgan fingerprint density at radius 1 is 1.50 bits per heavy atom. The molecule has 0 aromatic carbocycles. The number of hydrogen-bond donors (Lipinski definition) is 1. The summed E-state index contributed by atoms with van der Waals surface area (Å²) in [5.41, 5.74) is 0. The van der Waals surface area contributed by atoms with Gasteiger partial charge in [0.05, 0.1) is 0 Å². The lowest BCUT2D eigenvalue weighted by molar-refractivity contribution is -0.163. The van der Waals surface area contributed by atoms with E-state index in [1.807, 2.05) is 11.4 Å². The summed E-state index contributed by atoms with van der Waals surface area (Å²) in [5.74, 6) is 0. The fraction of sp³-hybridized carbons (Fsp3) is 0.556. The van der Waals surface area contributed by atoms with Crippen LogP contribution in [-0.2, 0) is 15.9 Å². The molecule has 1 heterocycles. The molecule has 5 heteroatoms.